The maximum atomic E-state index is 13.0. The third-order valence-corrected chi connectivity index (χ3v) is 17.2. The number of esters is 3. The highest BCUT2D eigenvalue weighted by Crippen LogP contribution is 2.19. The molecule has 1 atom stereocenters. The van der Waals surface area contributed by atoms with Gasteiger partial charge in [0.15, 0.2) is 6.10 Å². The fourth-order valence-electron chi connectivity index (χ4n) is 11.6. The Morgan fingerprint density at radius 1 is 0.244 bits per heavy atom. The van der Waals surface area contributed by atoms with Crippen molar-refractivity contribution in [2.24, 2.45) is 0 Å². The molecule has 0 rings (SSSR count). The highest BCUT2D eigenvalue weighted by molar-refractivity contribution is 5.71. The van der Waals surface area contributed by atoms with Crippen LogP contribution in [0, 0.1) is 0 Å². The zero-order valence-electron chi connectivity index (χ0n) is 55.8. The molecule has 0 fully saturated rings. The van der Waals surface area contributed by atoms with E-state index in [2.05, 4.69) is 45.1 Å². The first-order chi connectivity index (χ1) is 40.5. The lowest BCUT2D eigenvalue weighted by Crippen LogP contribution is -2.30. The third-order valence-electron chi connectivity index (χ3n) is 17.2. The lowest BCUT2D eigenvalue weighted by molar-refractivity contribution is -0.167. The molecule has 0 aliphatic rings. The summed E-state index contributed by atoms with van der Waals surface area (Å²) in [5, 5.41) is 0. The van der Waals surface area contributed by atoms with Crippen molar-refractivity contribution in [3.8, 4) is 0 Å². The number of carbonyl (C=O) groups excluding carboxylic acids is 3. The predicted octanol–water partition coefficient (Wildman–Crippen LogP) is 25.7. The Morgan fingerprint density at radius 3 is 0.695 bits per heavy atom. The van der Waals surface area contributed by atoms with Gasteiger partial charge in [-0.25, -0.2) is 0 Å². The summed E-state index contributed by atoms with van der Waals surface area (Å²) in [7, 11) is 0. The molecular weight excluding hydrogens is 1010 g/mol. The third kappa shape index (κ3) is 68.7. The minimum Gasteiger partial charge on any atom is -0.462 e. The summed E-state index contributed by atoms with van der Waals surface area (Å²) in [5.41, 5.74) is 0. The molecule has 0 aromatic carbocycles. The van der Waals surface area contributed by atoms with Crippen molar-refractivity contribution in [3.63, 3.8) is 0 Å². The van der Waals surface area contributed by atoms with E-state index < -0.39 is 6.10 Å². The second-order valence-corrected chi connectivity index (χ2v) is 25.6. The Bertz CT molecular complexity index is 1320. The van der Waals surface area contributed by atoms with Crippen molar-refractivity contribution in [3.05, 3.63) is 24.3 Å². The summed E-state index contributed by atoms with van der Waals surface area (Å²) in [6.45, 7) is 6.71. The van der Waals surface area contributed by atoms with Crippen LogP contribution in [0.1, 0.15) is 425 Å². The second-order valence-electron chi connectivity index (χ2n) is 25.6. The van der Waals surface area contributed by atoms with E-state index in [9.17, 15) is 14.4 Å². The van der Waals surface area contributed by atoms with Crippen LogP contribution in [0.15, 0.2) is 24.3 Å². The Morgan fingerprint density at radius 2 is 0.439 bits per heavy atom. The summed E-state index contributed by atoms with van der Waals surface area (Å²) >= 11 is 0. The van der Waals surface area contributed by atoms with E-state index >= 15 is 0 Å². The number of ether oxygens (including phenoxy) is 3. The number of hydrogen-bond donors (Lipinski definition) is 0. The van der Waals surface area contributed by atoms with E-state index in [1.165, 1.54) is 315 Å². The maximum Gasteiger partial charge on any atom is 0.306 e. The van der Waals surface area contributed by atoms with Crippen molar-refractivity contribution in [1.82, 2.24) is 0 Å². The molecule has 0 radical (unpaired) electrons. The Labute approximate surface area is 513 Å². The molecule has 0 aliphatic heterocycles. The normalized spacial score (nSPS) is 12.1. The van der Waals surface area contributed by atoms with Gasteiger partial charge in [0.1, 0.15) is 13.2 Å². The largest absolute Gasteiger partial charge is 0.462 e. The standard InChI is InChI=1S/C76H144O6/c1-4-7-10-13-16-19-22-25-28-31-33-35-37-38-39-41-42-45-48-51-54-57-60-63-66-69-75(78)81-72-73(71-80-74(77)68-65-62-59-56-53-50-47-44-30-27-24-21-18-15-12-9-6-3)82-76(79)70-67-64-61-58-55-52-49-46-43-40-36-34-32-29-26-23-20-17-14-11-8-5-2/h18,21,27,30,73H,4-17,19-20,22-26,28-29,31-72H2,1-3H3/b21-18-,30-27-. The highest BCUT2D eigenvalue weighted by atomic mass is 16.6. The summed E-state index contributed by atoms with van der Waals surface area (Å²) in [6.07, 6.45) is 87.9. The number of rotatable bonds is 70. The Balaban J connectivity index is 4.26. The number of allylic oxidation sites excluding steroid dienone is 4. The van der Waals surface area contributed by atoms with E-state index in [0.29, 0.717) is 19.3 Å². The van der Waals surface area contributed by atoms with Crippen molar-refractivity contribution in [2.45, 2.75) is 431 Å². The van der Waals surface area contributed by atoms with Gasteiger partial charge in [-0.3, -0.25) is 14.4 Å². The molecule has 0 heterocycles. The Hall–Kier alpha value is -2.11. The molecule has 82 heavy (non-hydrogen) atoms. The molecule has 0 N–H and O–H groups in total. The Kier molecular flexibility index (Phi) is 69.5. The first-order valence-corrected chi connectivity index (χ1v) is 37.3. The van der Waals surface area contributed by atoms with Crippen molar-refractivity contribution < 1.29 is 28.6 Å². The minimum absolute atomic E-state index is 0.0669. The zero-order valence-corrected chi connectivity index (χ0v) is 55.8. The van der Waals surface area contributed by atoms with Gasteiger partial charge in [0.05, 0.1) is 0 Å². The monoisotopic (exact) mass is 1150 g/mol. The van der Waals surface area contributed by atoms with Gasteiger partial charge in [0.25, 0.3) is 0 Å². The molecule has 6 nitrogen and oxygen atoms in total. The van der Waals surface area contributed by atoms with Crippen LogP contribution in [-0.4, -0.2) is 37.2 Å². The second kappa shape index (κ2) is 71.4. The van der Waals surface area contributed by atoms with Gasteiger partial charge < -0.3 is 14.2 Å². The average molecular weight is 1150 g/mol. The molecular formula is C76H144O6. The van der Waals surface area contributed by atoms with E-state index in [-0.39, 0.29) is 31.1 Å². The first kappa shape index (κ1) is 79.9. The van der Waals surface area contributed by atoms with Gasteiger partial charge in [-0.1, -0.05) is 379 Å². The van der Waals surface area contributed by atoms with Crippen LogP contribution in [0.3, 0.4) is 0 Å². The topological polar surface area (TPSA) is 78.9 Å². The van der Waals surface area contributed by atoms with Gasteiger partial charge in [-0.2, -0.15) is 0 Å². The fourth-order valence-corrected chi connectivity index (χ4v) is 11.6. The molecule has 6 heteroatoms. The SMILES string of the molecule is CCCCC/C=C\C/C=C\CCCCCCCCCC(=O)OCC(COC(=O)CCCCCCCCCCCCCCCCCCCCCCCCCCC)OC(=O)CCCCCCCCCCCCCCCCCCCCCCCC. The zero-order chi connectivity index (χ0) is 59.2. The average Bonchev–Trinajstić information content (AvgIpc) is 3.47. The molecule has 0 saturated carbocycles. The van der Waals surface area contributed by atoms with E-state index in [1.807, 2.05) is 0 Å². The van der Waals surface area contributed by atoms with Crippen LogP contribution in [0.5, 0.6) is 0 Å². The molecule has 0 amide bonds. The van der Waals surface area contributed by atoms with Crippen molar-refractivity contribution in [1.29, 1.82) is 0 Å². The van der Waals surface area contributed by atoms with Crippen LogP contribution >= 0.6 is 0 Å². The molecule has 484 valence electrons. The molecule has 0 aromatic rings. The van der Waals surface area contributed by atoms with E-state index in [1.54, 1.807) is 0 Å². The molecule has 0 aromatic heterocycles. The first-order valence-electron chi connectivity index (χ1n) is 37.3. The maximum absolute atomic E-state index is 13.0. The van der Waals surface area contributed by atoms with Gasteiger partial charge >= 0.3 is 17.9 Å². The van der Waals surface area contributed by atoms with Gasteiger partial charge in [0, 0.05) is 19.3 Å². The van der Waals surface area contributed by atoms with Gasteiger partial charge in [-0.05, 0) is 51.4 Å². The van der Waals surface area contributed by atoms with Crippen molar-refractivity contribution in [2.75, 3.05) is 13.2 Å². The lowest BCUT2D eigenvalue weighted by atomic mass is 10.0. The summed E-state index contributed by atoms with van der Waals surface area (Å²) in [4.78, 5) is 38.5. The minimum atomic E-state index is -0.772. The summed E-state index contributed by atoms with van der Waals surface area (Å²) in [5.74, 6) is -0.838. The van der Waals surface area contributed by atoms with Gasteiger partial charge in [0.2, 0.25) is 0 Å². The van der Waals surface area contributed by atoms with Crippen LogP contribution < -0.4 is 0 Å². The molecule has 0 saturated heterocycles. The van der Waals surface area contributed by atoms with E-state index in [4.69, 9.17) is 14.2 Å². The van der Waals surface area contributed by atoms with Gasteiger partial charge in [-0.15, -0.1) is 0 Å². The van der Waals surface area contributed by atoms with Crippen LogP contribution in [0.25, 0.3) is 0 Å². The van der Waals surface area contributed by atoms with Crippen LogP contribution in [0.2, 0.25) is 0 Å². The molecule has 1 unspecified atom stereocenters. The molecule has 0 aliphatic carbocycles. The number of carbonyl (C=O) groups is 3. The van der Waals surface area contributed by atoms with Crippen LogP contribution in [0.4, 0.5) is 0 Å². The lowest BCUT2D eigenvalue weighted by Gasteiger charge is -2.18. The smallest absolute Gasteiger partial charge is 0.306 e. The quantitative estimate of drug-likeness (QED) is 0.0261. The van der Waals surface area contributed by atoms with Crippen molar-refractivity contribution >= 4 is 17.9 Å². The van der Waals surface area contributed by atoms with Crippen LogP contribution in [-0.2, 0) is 28.6 Å². The number of hydrogen-bond acceptors (Lipinski definition) is 6. The molecule has 0 spiro atoms. The summed E-state index contributed by atoms with van der Waals surface area (Å²) in [6, 6.07) is 0. The summed E-state index contributed by atoms with van der Waals surface area (Å²) < 4.78 is 17.0. The molecule has 0 bridgehead atoms. The predicted molar refractivity (Wildman–Crippen MR) is 358 cm³/mol. The number of unbranched alkanes of at least 4 members (excludes halogenated alkanes) is 55. The highest BCUT2D eigenvalue weighted by Gasteiger charge is 2.20. The fraction of sp³-hybridized carbons (Fsp3) is 0.908. The van der Waals surface area contributed by atoms with E-state index in [0.717, 1.165) is 70.6 Å².